The summed E-state index contributed by atoms with van der Waals surface area (Å²) in [6, 6.07) is 59.9. The topological polar surface area (TPSA) is 34.5 Å². The van der Waals surface area contributed by atoms with Crippen molar-refractivity contribution in [3.8, 4) is 5.69 Å². The molecule has 0 saturated heterocycles. The molecule has 0 amide bonds. The molecular formula is C46H28N2O2. The second-order valence-corrected chi connectivity index (χ2v) is 12.9. The number of hydrogen-bond donors (Lipinski definition) is 0. The third-order valence-electron chi connectivity index (χ3n) is 10.2. The summed E-state index contributed by atoms with van der Waals surface area (Å²) in [5.41, 5.74) is 9.65. The maximum absolute atomic E-state index is 7.00. The SMILES string of the molecule is c1ccc(-n2c3ccccc3c3cccc(N(c4cccc5c4oc4ccccc45)c4cccc5c4oc4c6ccccc6ccc54)c32)cc1. The molecule has 0 N–H and O–H groups in total. The first kappa shape index (κ1) is 27.2. The molecule has 3 aromatic heterocycles. The highest BCUT2D eigenvalue weighted by atomic mass is 16.3. The van der Waals surface area contributed by atoms with Gasteiger partial charge in [-0.1, -0.05) is 121 Å². The molecule has 0 bridgehead atoms. The molecular weight excluding hydrogens is 613 g/mol. The van der Waals surface area contributed by atoms with E-state index in [1.54, 1.807) is 0 Å². The first-order valence-electron chi connectivity index (χ1n) is 16.9. The smallest absolute Gasteiger partial charge is 0.159 e. The van der Waals surface area contributed by atoms with Crippen LogP contribution in [0.3, 0.4) is 0 Å². The van der Waals surface area contributed by atoms with E-state index in [0.717, 1.165) is 88.4 Å². The van der Waals surface area contributed by atoms with E-state index in [1.165, 1.54) is 10.8 Å². The third kappa shape index (κ3) is 3.76. The minimum absolute atomic E-state index is 0.825. The molecule has 11 rings (SSSR count). The van der Waals surface area contributed by atoms with Gasteiger partial charge < -0.3 is 18.3 Å². The molecule has 8 aromatic carbocycles. The molecule has 234 valence electrons. The lowest BCUT2D eigenvalue weighted by Crippen LogP contribution is -2.12. The van der Waals surface area contributed by atoms with Gasteiger partial charge in [0.1, 0.15) is 11.2 Å². The normalized spacial score (nSPS) is 12.0. The van der Waals surface area contributed by atoms with Crippen LogP contribution in [0.25, 0.3) is 82.1 Å². The minimum atomic E-state index is 0.825. The van der Waals surface area contributed by atoms with Crippen molar-refractivity contribution in [3.63, 3.8) is 0 Å². The van der Waals surface area contributed by atoms with Gasteiger partial charge in [0.2, 0.25) is 0 Å². The van der Waals surface area contributed by atoms with Crippen molar-refractivity contribution in [1.29, 1.82) is 0 Å². The highest BCUT2D eigenvalue weighted by molar-refractivity contribution is 6.20. The zero-order valence-corrected chi connectivity index (χ0v) is 26.9. The van der Waals surface area contributed by atoms with Gasteiger partial charge in [-0.2, -0.15) is 0 Å². The number of furan rings is 2. The molecule has 50 heavy (non-hydrogen) atoms. The summed E-state index contributed by atoms with van der Waals surface area (Å²) in [6.07, 6.45) is 0. The number of para-hydroxylation sites is 6. The Kier molecular flexibility index (Phi) is 5.63. The molecule has 0 aliphatic heterocycles. The monoisotopic (exact) mass is 640 g/mol. The number of nitrogens with zero attached hydrogens (tertiary/aromatic N) is 2. The summed E-state index contributed by atoms with van der Waals surface area (Å²) in [6.45, 7) is 0. The maximum atomic E-state index is 7.00. The van der Waals surface area contributed by atoms with Crippen molar-refractivity contribution < 1.29 is 8.83 Å². The van der Waals surface area contributed by atoms with Crippen LogP contribution in [0.15, 0.2) is 179 Å². The van der Waals surface area contributed by atoms with Crippen LogP contribution in [0.4, 0.5) is 17.1 Å². The van der Waals surface area contributed by atoms with Crippen molar-refractivity contribution in [1.82, 2.24) is 4.57 Å². The van der Waals surface area contributed by atoms with E-state index in [1.807, 2.05) is 12.1 Å². The summed E-state index contributed by atoms with van der Waals surface area (Å²) in [5.74, 6) is 0. The van der Waals surface area contributed by atoms with Gasteiger partial charge in [-0.25, -0.2) is 0 Å². The zero-order valence-electron chi connectivity index (χ0n) is 26.9. The lowest BCUT2D eigenvalue weighted by Gasteiger charge is -2.27. The summed E-state index contributed by atoms with van der Waals surface area (Å²) < 4.78 is 16.1. The average Bonchev–Trinajstić information content (AvgIpc) is 3.86. The molecule has 0 radical (unpaired) electrons. The first-order chi connectivity index (χ1) is 24.8. The van der Waals surface area contributed by atoms with E-state index in [9.17, 15) is 0 Å². The quantitative estimate of drug-likeness (QED) is 0.192. The van der Waals surface area contributed by atoms with E-state index in [0.29, 0.717) is 0 Å². The van der Waals surface area contributed by atoms with Crippen molar-refractivity contribution in [3.05, 3.63) is 170 Å². The third-order valence-corrected chi connectivity index (χ3v) is 10.2. The van der Waals surface area contributed by atoms with Crippen molar-refractivity contribution in [2.45, 2.75) is 0 Å². The molecule has 0 atom stereocenters. The van der Waals surface area contributed by atoms with Gasteiger partial charge in [0, 0.05) is 43.4 Å². The Balaban J connectivity index is 1.31. The molecule has 4 nitrogen and oxygen atoms in total. The molecule has 0 aliphatic rings. The summed E-state index contributed by atoms with van der Waals surface area (Å²) >= 11 is 0. The van der Waals surface area contributed by atoms with E-state index < -0.39 is 0 Å². The Labute approximate surface area is 286 Å². The summed E-state index contributed by atoms with van der Waals surface area (Å²) in [7, 11) is 0. The van der Waals surface area contributed by atoms with Crippen LogP contribution in [0, 0.1) is 0 Å². The fraction of sp³-hybridized carbons (Fsp3) is 0. The lowest BCUT2D eigenvalue weighted by atomic mass is 10.0. The summed E-state index contributed by atoms with van der Waals surface area (Å²) in [5, 5.41) is 8.96. The fourth-order valence-corrected chi connectivity index (χ4v) is 8.01. The molecule has 0 spiro atoms. The van der Waals surface area contributed by atoms with Gasteiger partial charge in [0.25, 0.3) is 0 Å². The van der Waals surface area contributed by atoms with E-state index in [4.69, 9.17) is 8.83 Å². The number of anilines is 3. The van der Waals surface area contributed by atoms with Crippen LogP contribution in [0.5, 0.6) is 0 Å². The molecule has 0 unspecified atom stereocenters. The second kappa shape index (κ2) is 10.4. The number of hydrogen-bond acceptors (Lipinski definition) is 3. The van der Waals surface area contributed by atoms with Crippen molar-refractivity contribution in [2.75, 3.05) is 4.90 Å². The predicted molar refractivity (Wildman–Crippen MR) is 208 cm³/mol. The Hall–Kier alpha value is -6.78. The average molecular weight is 641 g/mol. The molecule has 3 heterocycles. The van der Waals surface area contributed by atoms with Gasteiger partial charge in [0.05, 0.1) is 28.1 Å². The van der Waals surface area contributed by atoms with Crippen LogP contribution >= 0.6 is 0 Å². The largest absolute Gasteiger partial charge is 0.454 e. The zero-order chi connectivity index (χ0) is 32.8. The van der Waals surface area contributed by atoms with Gasteiger partial charge in [-0.15, -0.1) is 0 Å². The van der Waals surface area contributed by atoms with Crippen LogP contribution < -0.4 is 4.90 Å². The Morgan fingerprint density at radius 1 is 0.360 bits per heavy atom. The van der Waals surface area contributed by atoms with Crippen LogP contribution in [0.2, 0.25) is 0 Å². The Morgan fingerprint density at radius 2 is 0.940 bits per heavy atom. The van der Waals surface area contributed by atoms with Gasteiger partial charge in [-0.3, -0.25) is 0 Å². The highest BCUT2D eigenvalue weighted by Crippen LogP contribution is 2.49. The standard InChI is InChI=1S/C46H28N2O2/c1-2-14-30(15-3-1)47-38-22-8-6-17-32(38)34-19-10-23-39(43(34)47)48(40-24-11-20-35-33-18-7-9-26-42(33)49-45(35)40)41-25-12-21-36-37-28-27-29-13-4-5-16-31(29)44(37)50-46(36)41/h1-28H. The molecule has 0 aliphatic carbocycles. The van der Waals surface area contributed by atoms with Crippen LogP contribution in [0.1, 0.15) is 0 Å². The number of benzene rings is 8. The number of rotatable bonds is 4. The van der Waals surface area contributed by atoms with E-state index in [-0.39, 0.29) is 0 Å². The van der Waals surface area contributed by atoms with Gasteiger partial charge in [0.15, 0.2) is 11.2 Å². The number of fused-ring (bicyclic) bond motifs is 11. The predicted octanol–water partition coefficient (Wildman–Crippen LogP) is 13.2. The number of aromatic nitrogens is 1. The molecule has 0 fully saturated rings. The minimum Gasteiger partial charge on any atom is -0.454 e. The summed E-state index contributed by atoms with van der Waals surface area (Å²) in [4.78, 5) is 2.35. The van der Waals surface area contributed by atoms with Crippen LogP contribution in [-0.4, -0.2) is 4.57 Å². The maximum Gasteiger partial charge on any atom is 0.159 e. The van der Waals surface area contributed by atoms with Gasteiger partial charge >= 0.3 is 0 Å². The van der Waals surface area contributed by atoms with E-state index in [2.05, 4.69) is 167 Å². The first-order valence-corrected chi connectivity index (χ1v) is 16.9. The Bertz CT molecular complexity index is 3110. The lowest BCUT2D eigenvalue weighted by molar-refractivity contribution is 0.667. The highest BCUT2D eigenvalue weighted by Gasteiger charge is 2.27. The van der Waals surface area contributed by atoms with Crippen molar-refractivity contribution in [2.24, 2.45) is 0 Å². The fourth-order valence-electron chi connectivity index (χ4n) is 8.01. The molecule has 4 heteroatoms. The van der Waals surface area contributed by atoms with Crippen LogP contribution in [-0.2, 0) is 0 Å². The second-order valence-electron chi connectivity index (χ2n) is 12.9. The molecule has 11 aromatic rings. The van der Waals surface area contributed by atoms with Crippen molar-refractivity contribution >= 4 is 93.5 Å². The van der Waals surface area contributed by atoms with E-state index >= 15 is 0 Å². The Morgan fingerprint density at radius 3 is 1.76 bits per heavy atom. The van der Waals surface area contributed by atoms with Gasteiger partial charge in [-0.05, 0) is 53.9 Å². The molecule has 0 saturated carbocycles.